The molecule has 3 aromatic rings. The molecule has 2 heterocycles. The maximum absolute atomic E-state index is 11.3. The number of benzene rings is 3. The van der Waals surface area contributed by atoms with Crippen molar-refractivity contribution in [1.82, 2.24) is 5.01 Å². The fourth-order valence-electron chi connectivity index (χ4n) is 4.07. The van der Waals surface area contributed by atoms with E-state index in [1.165, 1.54) is 12.1 Å². The van der Waals surface area contributed by atoms with E-state index in [0.29, 0.717) is 28.5 Å². The molecule has 5 rings (SSSR count). The third-order valence-corrected chi connectivity index (χ3v) is 5.80. The van der Waals surface area contributed by atoms with Crippen LogP contribution in [0.5, 0.6) is 11.5 Å². The third kappa shape index (κ3) is 3.37. The van der Waals surface area contributed by atoms with Crippen molar-refractivity contribution in [2.24, 2.45) is 5.10 Å². The highest BCUT2D eigenvalue weighted by Gasteiger charge is 2.42. The largest absolute Gasteiger partial charge is 0.493 e. The summed E-state index contributed by atoms with van der Waals surface area (Å²) in [7, 11) is 1.60. The maximum atomic E-state index is 11.3. The van der Waals surface area contributed by atoms with Gasteiger partial charge in [0.2, 0.25) is 6.23 Å². The van der Waals surface area contributed by atoms with Gasteiger partial charge in [-0.1, -0.05) is 48.0 Å². The molecule has 31 heavy (non-hydrogen) atoms. The lowest BCUT2D eigenvalue weighted by Crippen LogP contribution is -2.33. The van der Waals surface area contributed by atoms with Crippen LogP contribution in [0, 0.1) is 10.1 Å². The zero-order chi connectivity index (χ0) is 21.5. The van der Waals surface area contributed by atoms with Crippen LogP contribution in [0.3, 0.4) is 0 Å². The highest BCUT2D eigenvalue weighted by molar-refractivity contribution is 6.30. The molecule has 2 aliphatic heterocycles. The molecule has 2 aliphatic rings. The van der Waals surface area contributed by atoms with Gasteiger partial charge in [0.15, 0.2) is 11.5 Å². The van der Waals surface area contributed by atoms with Gasteiger partial charge >= 0.3 is 0 Å². The first-order valence-corrected chi connectivity index (χ1v) is 10.1. The number of fused-ring (bicyclic) bond motifs is 3. The topological polar surface area (TPSA) is 77.2 Å². The number of halogens is 1. The number of methoxy groups -OCH3 is 1. The molecular weight excluding hydrogens is 418 g/mol. The first-order chi connectivity index (χ1) is 15.0. The average molecular weight is 436 g/mol. The van der Waals surface area contributed by atoms with Crippen LogP contribution in [-0.4, -0.2) is 22.8 Å². The van der Waals surface area contributed by atoms with Gasteiger partial charge in [0.1, 0.15) is 0 Å². The van der Waals surface area contributed by atoms with Crippen molar-refractivity contribution >= 4 is 23.0 Å². The van der Waals surface area contributed by atoms with Gasteiger partial charge in [-0.2, -0.15) is 5.10 Å². The van der Waals surface area contributed by atoms with Gasteiger partial charge in [0.05, 0.1) is 23.8 Å². The Balaban J connectivity index is 1.62. The maximum Gasteiger partial charge on any atom is 0.269 e. The predicted octanol–water partition coefficient (Wildman–Crippen LogP) is 5.50. The van der Waals surface area contributed by atoms with Gasteiger partial charge in [-0.25, -0.2) is 5.01 Å². The number of nitro groups is 1. The Labute approximate surface area is 183 Å². The van der Waals surface area contributed by atoms with Crippen molar-refractivity contribution in [3.8, 4) is 11.5 Å². The predicted molar refractivity (Wildman–Crippen MR) is 117 cm³/mol. The molecule has 0 N–H and O–H groups in total. The number of para-hydroxylation sites is 1. The minimum absolute atomic E-state index is 0.00424. The Morgan fingerprint density at radius 2 is 1.94 bits per heavy atom. The molecular formula is C23H18ClN3O4. The normalized spacial score (nSPS) is 19.2. The summed E-state index contributed by atoms with van der Waals surface area (Å²) in [6, 6.07) is 19.7. The van der Waals surface area contributed by atoms with Gasteiger partial charge < -0.3 is 9.47 Å². The van der Waals surface area contributed by atoms with E-state index in [2.05, 4.69) is 0 Å². The Kier molecular flexibility index (Phi) is 4.75. The quantitative estimate of drug-likeness (QED) is 0.399. The van der Waals surface area contributed by atoms with Crippen molar-refractivity contribution in [2.75, 3.05) is 7.11 Å². The van der Waals surface area contributed by atoms with Gasteiger partial charge in [0, 0.05) is 34.7 Å². The molecule has 7 nitrogen and oxygen atoms in total. The Hall–Kier alpha value is -3.58. The van der Waals surface area contributed by atoms with E-state index in [1.807, 2.05) is 53.5 Å². The van der Waals surface area contributed by atoms with Crippen LogP contribution in [-0.2, 0) is 0 Å². The van der Waals surface area contributed by atoms with E-state index in [1.54, 1.807) is 13.2 Å². The zero-order valence-corrected chi connectivity index (χ0v) is 17.3. The summed E-state index contributed by atoms with van der Waals surface area (Å²) in [6.07, 6.45) is 0.0369. The number of hydrogen-bond donors (Lipinski definition) is 0. The average Bonchev–Trinajstić information content (AvgIpc) is 3.24. The number of hydrogen-bond acceptors (Lipinski definition) is 6. The van der Waals surface area contributed by atoms with Crippen molar-refractivity contribution in [2.45, 2.75) is 18.7 Å². The molecule has 0 unspecified atom stereocenters. The molecule has 0 saturated carbocycles. The van der Waals surface area contributed by atoms with Crippen molar-refractivity contribution in [1.29, 1.82) is 0 Å². The molecule has 0 fully saturated rings. The van der Waals surface area contributed by atoms with E-state index in [9.17, 15) is 10.1 Å². The van der Waals surface area contributed by atoms with Crippen LogP contribution in [0.1, 0.15) is 35.4 Å². The molecule has 0 aliphatic carbocycles. The fourth-order valence-corrected chi connectivity index (χ4v) is 4.20. The molecule has 0 spiro atoms. The van der Waals surface area contributed by atoms with Crippen LogP contribution in [0.4, 0.5) is 5.69 Å². The Bertz CT molecular complexity index is 1200. The SMILES string of the molecule is COc1cccc2c1O[C@@H](c1cccc([N+](=O)[O-])c1)N1N=C(c3ccc(Cl)cc3)C[C@H]21. The lowest BCUT2D eigenvalue weighted by Gasteiger charge is -2.38. The minimum Gasteiger partial charge on any atom is -0.493 e. The zero-order valence-electron chi connectivity index (χ0n) is 16.6. The summed E-state index contributed by atoms with van der Waals surface area (Å²) in [5, 5.41) is 18.7. The lowest BCUT2D eigenvalue weighted by molar-refractivity contribution is -0.385. The highest BCUT2D eigenvalue weighted by Crippen LogP contribution is 2.50. The number of non-ortho nitro benzene ring substituents is 1. The Morgan fingerprint density at radius 3 is 2.68 bits per heavy atom. The Morgan fingerprint density at radius 1 is 1.16 bits per heavy atom. The van der Waals surface area contributed by atoms with Crippen molar-refractivity contribution < 1.29 is 14.4 Å². The number of rotatable bonds is 4. The smallest absolute Gasteiger partial charge is 0.269 e. The van der Waals surface area contributed by atoms with Crippen LogP contribution < -0.4 is 9.47 Å². The number of hydrazone groups is 1. The first kappa shape index (κ1) is 19.4. The van der Waals surface area contributed by atoms with Crippen LogP contribution >= 0.6 is 11.6 Å². The van der Waals surface area contributed by atoms with E-state index >= 15 is 0 Å². The van der Waals surface area contributed by atoms with Gasteiger partial charge in [-0.3, -0.25) is 10.1 Å². The standard InChI is InChI=1S/C23H18ClN3O4/c1-30-21-7-3-6-18-20-13-19(14-8-10-16(24)11-9-14)25-26(20)23(31-22(18)21)15-4-2-5-17(12-15)27(28)29/h2-12,20,23H,13H2,1H3/t20-,23+/m1/s1. The molecule has 0 radical (unpaired) electrons. The molecule has 8 heteroatoms. The van der Waals surface area contributed by atoms with E-state index in [4.69, 9.17) is 26.2 Å². The third-order valence-electron chi connectivity index (χ3n) is 5.54. The van der Waals surface area contributed by atoms with E-state index in [0.717, 1.165) is 16.8 Å². The molecule has 0 aromatic heterocycles. The minimum atomic E-state index is -0.626. The number of ether oxygens (including phenoxy) is 2. The number of nitro benzene ring substituents is 1. The molecule has 3 aromatic carbocycles. The van der Waals surface area contributed by atoms with E-state index in [-0.39, 0.29) is 11.7 Å². The molecule has 156 valence electrons. The second kappa shape index (κ2) is 7.59. The summed E-state index contributed by atoms with van der Waals surface area (Å²) in [5.41, 5.74) is 3.49. The summed E-state index contributed by atoms with van der Waals surface area (Å²) in [6.45, 7) is 0. The van der Waals surface area contributed by atoms with E-state index < -0.39 is 11.2 Å². The summed E-state index contributed by atoms with van der Waals surface area (Å²) in [5.74, 6) is 1.25. The fraction of sp³-hybridized carbons (Fsp3) is 0.174. The summed E-state index contributed by atoms with van der Waals surface area (Å²) < 4.78 is 11.9. The van der Waals surface area contributed by atoms with Crippen LogP contribution in [0.15, 0.2) is 71.8 Å². The number of nitrogens with zero attached hydrogens (tertiary/aromatic N) is 3. The molecule has 2 atom stereocenters. The van der Waals surface area contributed by atoms with Crippen molar-refractivity contribution in [3.05, 3.63) is 98.6 Å². The molecule has 0 saturated heterocycles. The highest BCUT2D eigenvalue weighted by atomic mass is 35.5. The van der Waals surface area contributed by atoms with Gasteiger partial charge in [-0.15, -0.1) is 0 Å². The van der Waals surface area contributed by atoms with Gasteiger partial charge in [0.25, 0.3) is 5.69 Å². The lowest BCUT2D eigenvalue weighted by atomic mass is 9.95. The van der Waals surface area contributed by atoms with Crippen molar-refractivity contribution in [3.63, 3.8) is 0 Å². The first-order valence-electron chi connectivity index (χ1n) is 9.75. The van der Waals surface area contributed by atoms with Crippen LogP contribution in [0.2, 0.25) is 5.02 Å². The summed E-state index contributed by atoms with van der Waals surface area (Å²) in [4.78, 5) is 10.9. The molecule has 0 bridgehead atoms. The second-order valence-electron chi connectivity index (χ2n) is 7.35. The molecule has 0 amide bonds. The summed E-state index contributed by atoms with van der Waals surface area (Å²) >= 11 is 6.04. The second-order valence-corrected chi connectivity index (χ2v) is 7.79. The van der Waals surface area contributed by atoms with Gasteiger partial charge in [-0.05, 0) is 23.8 Å². The monoisotopic (exact) mass is 435 g/mol. The van der Waals surface area contributed by atoms with Crippen LogP contribution in [0.25, 0.3) is 0 Å².